The summed E-state index contributed by atoms with van der Waals surface area (Å²) >= 11 is 0. The lowest BCUT2D eigenvalue weighted by Gasteiger charge is -2.12. The molecule has 1 rings (SSSR count). The number of esters is 1. The van der Waals surface area contributed by atoms with Crippen molar-refractivity contribution in [2.45, 2.75) is 31.2 Å². The molecule has 0 heterocycles. The van der Waals surface area contributed by atoms with E-state index < -0.39 is 28.5 Å². The molecule has 2 N–H and O–H groups in total. The monoisotopic (exact) mass is 352 g/mol. The van der Waals surface area contributed by atoms with Crippen molar-refractivity contribution >= 4 is 21.9 Å². The van der Waals surface area contributed by atoms with Gasteiger partial charge >= 0.3 is 5.97 Å². The van der Waals surface area contributed by atoms with Crippen molar-refractivity contribution in [3.05, 3.63) is 29.8 Å². The molecule has 24 heavy (non-hydrogen) atoms. The van der Waals surface area contributed by atoms with Crippen LogP contribution in [0.2, 0.25) is 0 Å². The summed E-state index contributed by atoms with van der Waals surface area (Å²) in [6.45, 7) is 3.21. The van der Waals surface area contributed by atoms with Gasteiger partial charge in [-0.25, -0.2) is 17.9 Å². The lowest BCUT2D eigenvalue weighted by atomic mass is 10.2. The maximum Gasteiger partial charge on any atom is 0.338 e. The molecule has 8 heteroatoms. The Labute approximate surface area is 141 Å². The first kappa shape index (κ1) is 19.7. The quantitative estimate of drug-likeness (QED) is 0.529. The number of nitrogens with one attached hydrogen (secondary N) is 2. The van der Waals surface area contributed by atoms with Gasteiger partial charge in [0.05, 0.1) is 17.0 Å². The molecule has 0 saturated carbocycles. The number of rotatable bonds is 8. The molecule has 1 aromatic rings. The zero-order chi connectivity index (χ0) is 18.2. The van der Waals surface area contributed by atoms with Gasteiger partial charge < -0.3 is 10.1 Å². The average molecular weight is 352 g/mol. The summed E-state index contributed by atoms with van der Waals surface area (Å²) in [4.78, 5) is 23.1. The smallest absolute Gasteiger partial charge is 0.338 e. The Hall–Kier alpha value is -2.37. The summed E-state index contributed by atoms with van der Waals surface area (Å²) in [6, 6.07) is 5.07. The molecule has 0 bridgehead atoms. The molecule has 130 valence electrons. The summed E-state index contributed by atoms with van der Waals surface area (Å²) in [5.74, 6) is 0.973. The first-order chi connectivity index (χ1) is 11.3. The van der Waals surface area contributed by atoms with Gasteiger partial charge in [-0.1, -0.05) is 12.8 Å². The molecule has 0 aliphatic rings. The third kappa shape index (κ3) is 6.02. The number of hydrogen-bond donors (Lipinski definition) is 2. The number of sulfonamides is 1. The highest BCUT2D eigenvalue weighted by Crippen LogP contribution is 2.12. The molecule has 1 atom stereocenters. The van der Waals surface area contributed by atoms with E-state index in [0.29, 0.717) is 6.42 Å². The predicted molar refractivity (Wildman–Crippen MR) is 88.6 cm³/mol. The maximum absolute atomic E-state index is 12.1. The molecule has 0 spiro atoms. The van der Waals surface area contributed by atoms with Crippen molar-refractivity contribution in [2.24, 2.45) is 0 Å². The van der Waals surface area contributed by atoms with E-state index >= 15 is 0 Å². The largest absolute Gasteiger partial charge is 0.452 e. The number of terminal acetylenes is 1. The van der Waals surface area contributed by atoms with E-state index in [1.807, 2.05) is 6.92 Å². The van der Waals surface area contributed by atoms with E-state index in [0.717, 1.165) is 0 Å². The summed E-state index contributed by atoms with van der Waals surface area (Å²) in [6.07, 6.45) is 5.64. The van der Waals surface area contributed by atoms with Crippen LogP contribution in [0.4, 0.5) is 0 Å². The Bertz CT molecular complexity index is 720. The SMILES string of the molecule is C#CCNC(=O)COC(=O)c1ccc(S(=O)(=O)N[C@H](C)CC)cc1. The van der Waals surface area contributed by atoms with E-state index in [1.54, 1.807) is 6.92 Å². The Morgan fingerprint density at radius 1 is 1.29 bits per heavy atom. The van der Waals surface area contributed by atoms with Gasteiger partial charge in [0.1, 0.15) is 0 Å². The van der Waals surface area contributed by atoms with Gasteiger partial charge in [0.25, 0.3) is 5.91 Å². The zero-order valence-electron chi connectivity index (χ0n) is 13.5. The summed E-state index contributed by atoms with van der Waals surface area (Å²) in [7, 11) is -3.64. The molecule has 0 aliphatic heterocycles. The predicted octanol–water partition coefficient (Wildman–Crippen LogP) is 0.670. The second-order valence-corrected chi connectivity index (χ2v) is 6.73. The Morgan fingerprint density at radius 2 is 1.92 bits per heavy atom. The van der Waals surface area contributed by atoms with E-state index in [1.165, 1.54) is 24.3 Å². The highest BCUT2D eigenvalue weighted by atomic mass is 32.2. The lowest BCUT2D eigenvalue weighted by molar-refractivity contribution is -0.123. The van der Waals surface area contributed by atoms with E-state index in [-0.39, 0.29) is 23.0 Å². The number of carbonyl (C=O) groups excluding carboxylic acids is 2. The molecular formula is C16H20N2O5S. The third-order valence-electron chi connectivity index (χ3n) is 3.09. The standard InChI is InChI=1S/C16H20N2O5S/c1-4-10-17-15(19)11-23-16(20)13-6-8-14(9-7-13)24(21,22)18-12(3)5-2/h1,6-9,12,18H,5,10-11H2,2-3H3,(H,17,19)/t12-/m1/s1. The fourth-order valence-electron chi connectivity index (χ4n) is 1.60. The third-order valence-corrected chi connectivity index (χ3v) is 4.70. The number of hydrogen-bond acceptors (Lipinski definition) is 5. The molecule has 0 radical (unpaired) electrons. The maximum atomic E-state index is 12.1. The van der Waals surface area contributed by atoms with Crippen LogP contribution in [0.3, 0.4) is 0 Å². The minimum atomic E-state index is -3.64. The van der Waals surface area contributed by atoms with Crippen molar-refractivity contribution in [1.82, 2.24) is 10.0 Å². The van der Waals surface area contributed by atoms with E-state index in [4.69, 9.17) is 11.2 Å². The van der Waals surface area contributed by atoms with Crippen molar-refractivity contribution in [1.29, 1.82) is 0 Å². The normalized spacial score (nSPS) is 12.0. The van der Waals surface area contributed by atoms with E-state index in [9.17, 15) is 18.0 Å². The molecule has 0 aliphatic carbocycles. The van der Waals surface area contributed by atoms with Gasteiger partial charge in [0.2, 0.25) is 10.0 Å². The van der Waals surface area contributed by atoms with Crippen molar-refractivity contribution in [2.75, 3.05) is 13.2 Å². The molecule has 0 aromatic heterocycles. The number of amides is 1. The number of carbonyl (C=O) groups is 2. The fourth-order valence-corrected chi connectivity index (χ4v) is 2.93. The Morgan fingerprint density at radius 3 is 2.46 bits per heavy atom. The highest BCUT2D eigenvalue weighted by Gasteiger charge is 2.17. The average Bonchev–Trinajstić information content (AvgIpc) is 2.57. The summed E-state index contributed by atoms with van der Waals surface area (Å²) in [5, 5.41) is 2.35. The van der Waals surface area contributed by atoms with Crippen LogP contribution in [-0.2, 0) is 19.6 Å². The highest BCUT2D eigenvalue weighted by molar-refractivity contribution is 7.89. The van der Waals surface area contributed by atoms with Crippen LogP contribution in [0, 0.1) is 12.3 Å². The fraction of sp³-hybridized carbons (Fsp3) is 0.375. The first-order valence-electron chi connectivity index (χ1n) is 7.29. The van der Waals surface area contributed by atoms with Crippen LogP contribution in [-0.4, -0.2) is 39.5 Å². The molecule has 1 amide bonds. The van der Waals surface area contributed by atoms with Crippen LogP contribution < -0.4 is 10.0 Å². The van der Waals surface area contributed by atoms with Crippen molar-refractivity contribution in [3.8, 4) is 12.3 Å². The van der Waals surface area contributed by atoms with Crippen molar-refractivity contribution in [3.63, 3.8) is 0 Å². The van der Waals surface area contributed by atoms with Gasteiger partial charge in [-0.05, 0) is 37.6 Å². The van der Waals surface area contributed by atoms with Crippen LogP contribution in [0.15, 0.2) is 29.2 Å². The number of benzene rings is 1. The first-order valence-corrected chi connectivity index (χ1v) is 8.78. The number of ether oxygens (including phenoxy) is 1. The van der Waals surface area contributed by atoms with Crippen LogP contribution in [0.1, 0.15) is 30.6 Å². The minimum absolute atomic E-state index is 0.0473. The molecule has 7 nitrogen and oxygen atoms in total. The second kappa shape index (κ2) is 9.05. The van der Waals surface area contributed by atoms with Gasteiger partial charge in [0, 0.05) is 6.04 Å². The molecule has 0 saturated heterocycles. The van der Waals surface area contributed by atoms with Gasteiger partial charge in [-0.15, -0.1) is 6.42 Å². The van der Waals surface area contributed by atoms with E-state index in [2.05, 4.69) is 16.0 Å². The Kier molecular flexibility index (Phi) is 7.42. The van der Waals surface area contributed by atoms with Crippen LogP contribution >= 0.6 is 0 Å². The van der Waals surface area contributed by atoms with Gasteiger partial charge in [-0.2, -0.15) is 0 Å². The van der Waals surface area contributed by atoms with Crippen molar-refractivity contribution < 1.29 is 22.7 Å². The van der Waals surface area contributed by atoms with Gasteiger partial charge in [-0.3, -0.25) is 4.79 Å². The minimum Gasteiger partial charge on any atom is -0.452 e. The molecule has 0 fully saturated rings. The van der Waals surface area contributed by atoms with Crippen LogP contribution in [0.5, 0.6) is 0 Å². The molecule has 0 unspecified atom stereocenters. The van der Waals surface area contributed by atoms with Gasteiger partial charge in [0.15, 0.2) is 6.61 Å². The zero-order valence-corrected chi connectivity index (χ0v) is 14.4. The Balaban J connectivity index is 2.69. The molecule has 1 aromatic carbocycles. The topological polar surface area (TPSA) is 102 Å². The second-order valence-electron chi connectivity index (χ2n) is 5.01. The summed E-state index contributed by atoms with van der Waals surface area (Å²) in [5.41, 5.74) is 0.141. The molecular weight excluding hydrogens is 332 g/mol. The van der Waals surface area contributed by atoms with Crippen LogP contribution in [0.25, 0.3) is 0 Å². The summed E-state index contributed by atoms with van der Waals surface area (Å²) < 4.78 is 31.5. The lowest BCUT2D eigenvalue weighted by Crippen LogP contribution is -2.32.